The highest BCUT2D eigenvalue weighted by atomic mass is 127. The lowest BCUT2D eigenvalue weighted by molar-refractivity contribution is -0.754. The number of rotatable bonds is 1. The van der Waals surface area contributed by atoms with E-state index in [4.69, 9.17) is 0 Å². The SMILES string of the molecule is ICC1CCSc2c3ccccc3nc[n+]21. The summed E-state index contributed by atoms with van der Waals surface area (Å²) >= 11 is 4.43. The van der Waals surface area contributed by atoms with Crippen LogP contribution in [0.5, 0.6) is 0 Å². The molecule has 0 bridgehead atoms. The first-order chi connectivity index (χ1) is 7.90. The third-order valence-corrected chi connectivity index (χ3v) is 5.11. The number of halogens is 1. The average Bonchev–Trinajstić information content (AvgIpc) is 2.37. The number of benzene rings is 1. The van der Waals surface area contributed by atoms with E-state index >= 15 is 0 Å². The van der Waals surface area contributed by atoms with Gasteiger partial charge < -0.3 is 0 Å². The van der Waals surface area contributed by atoms with E-state index in [0.717, 1.165) is 9.94 Å². The number of thioether (sulfide) groups is 1. The first-order valence-corrected chi connectivity index (χ1v) is 7.89. The summed E-state index contributed by atoms with van der Waals surface area (Å²) in [7, 11) is 0. The van der Waals surface area contributed by atoms with Crippen molar-refractivity contribution in [3.8, 4) is 0 Å². The van der Waals surface area contributed by atoms with E-state index in [-0.39, 0.29) is 0 Å². The first kappa shape index (κ1) is 10.8. The van der Waals surface area contributed by atoms with Crippen LogP contribution < -0.4 is 4.57 Å². The minimum atomic E-state index is 0.619. The Bertz CT molecular complexity index is 529. The van der Waals surface area contributed by atoms with Gasteiger partial charge in [0.15, 0.2) is 10.5 Å². The van der Waals surface area contributed by atoms with Crippen molar-refractivity contribution in [1.82, 2.24) is 4.98 Å². The van der Waals surface area contributed by atoms with Gasteiger partial charge in [-0.05, 0) is 23.5 Å². The zero-order valence-electron chi connectivity index (χ0n) is 8.77. The summed E-state index contributed by atoms with van der Waals surface area (Å²) in [5.41, 5.74) is 1.11. The number of hydrogen-bond acceptors (Lipinski definition) is 2. The van der Waals surface area contributed by atoms with Crippen molar-refractivity contribution in [2.45, 2.75) is 17.5 Å². The summed E-state index contributed by atoms with van der Waals surface area (Å²) < 4.78 is 3.51. The zero-order valence-corrected chi connectivity index (χ0v) is 11.7. The predicted octanol–water partition coefficient (Wildman–Crippen LogP) is 2.99. The second-order valence-corrected chi connectivity index (χ2v) is 5.88. The number of para-hydroxylation sites is 1. The lowest BCUT2D eigenvalue weighted by Crippen LogP contribution is -2.45. The summed E-state index contributed by atoms with van der Waals surface area (Å²) in [6, 6.07) is 9.03. The summed E-state index contributed by atoms with van der Waals surface area (Å²) in [4.78, 5) is 4.54. The van der Waals surface area contributed by atoms with Crippen LogP contribution in [-0.2, 0) is 0 Å². The molecule has 1 aromatic carbocycles. The molecule has 2 aromatic rings. The van der Waals surface area contributed by atoms with Crippen LogP contribution in [0.4, 0.5) is 0 Å². The van der Waals surface area contributed by atoms with Crippen molar-refractivity contribution in [2.75, 3.05) is 10.2 Å². The molecular formula is C12H12IN2S+. The smallest absolute Gasteiger partial charge is 0.220 e. The van der Waals surface area contributed by atoms with Crippen LogP contribution in [0.3, 0.4) is 0 Å². The highest BCUT2D eigenvalue weighted by Gasteiger charge is 2.26. The topological polar surface area (TPSA) is 16.8 Å². The molecule has 1 atom stereocenters. The van der Waals surface area contributed by atoms with Gasteiger partial charge in [0.05, 0.1) is 5.39 Å². The van der Waals surface area contributed by atoms with Gasteiger partial charge in [0.2, 0.25) is 0 Å². The van der Waals surface area contributed by atoms with Crippen molar-refractivity contribution < 1.29 is 4.57 Å². The molecule has 0 radical (unpaired) electrons. The van der Waals surface area contributed by atoms with Gasteiger partial charge >= 0.3 is 0 Å². The molecule has 2 heterocycles. The highest BCUT2D eigenvalue weighted by Crippen LogP contribution is 2.30. The van der Waals surface area contributed by atoms with Gasteiger partial charge in [0.25, 0.3) is 6.33 Å². The van der Waals surface area contributed by atoms with E-state index in [1.807, 2.05) is 18.1 Å². The lowest BCUT2D eigenvalue weighted by atomic mass is 10.2. The fraction of sp³-hybridized carbons (Fsp3) is 0.333. The van der Waals surface area contributed by atoms with Gasteiger partial charge in [0, 0.05) is 10.2 Å². The Balaban J connectivity index is 2.26. The molecule has 0 aliphatic carbocycles. The standard InChI is InChI=1S/C12H12IN2S/c13-7-9-5-6-16-12-10-3-1-2-4-11(10)14-8-15(9)12/h1-4,8-9H,5-7H2/q+1. The zero-order chi connectivity index (χ0) is 11.0. The molecule has 1 unspecified atom stereocenters. The van der Waals surface area contributed by atoms with E-state index in [2.05, 4.69) is 56.4 Å². The normalized spacial score (nSPS) is 19.7. The van der Waals surface area contributed by atoms with Crippen molar-refractivity contribution in [2.24, 2.45) is 0 Å². The molecule has 3 rings (SSSR count). The van der Waals surface area contributed by atoms with Crippen LogP contribution in [0, 0.1) is 0 Å². The monoisotopic (exact) mass is 343 g/mol. The number of aromatic nitrogens is 2. The number of hydrogen-bond donors (Lipinski definition) is 0. The maximum atomic E-state index is 4.54. The van der Waals surface area contributed by atoms with Crippen molar-refractivity contribution in [1.29, 1.82) is 0 Å². The second-order valence-electron chi connectivity index (χ2n) is 3.92. The number of nitrogens with zero attached hydrogens (tertiary/aromatic N) is 2. The van der Waals surface area contributed by atoms with E-state index < -0.39 is 0 Å². The third kappa shape index (κ3) is 1.72. The largest absolute Gasteiger partial charge is 0.288 e. The summed E-state index contributed by atoms with van der Waals surface area (Å²) in [5, 5.41) is 2.68. The van der Waals surface area contributed by atoms with Crippen LogP contribution in [-0.4, -0.2) is 15.2 Å². The van der Waals surface area contributed by atoms with Gasteiger partial charge in [-0.2, -0.15) is 0 Å². The summed E-state index contributed by atoms with van der Waals surface area (Å²) in [6.45, 7) is 0. The highest BCUT2D eigenvalue weighted by molar-refractivity contribution is 14.1. The van der Waals surface area contributed by atoms with Crippen molar-refractivity contribution in [3.05, 3.63) is 30.6 Å². The molecule has 0 N–H and O–H groups in total. The van der Waals surface area contributed by atoms with Gasteiger partial charge in [-0.1, -0.05) is 46.5 Å². The van der Waals surface area contributed by atoms with Gasteiger partial charge in [-0.3, -0.25) is 0 Å². The van der Waals surface area contributed by atoms with E-state index in [1.54, 1.807) is 0 Å². The van der Waals surface area contributed by atoms with Crippen LogP contribution in [0.1, 0.15) is 12.5 Å². The average molecular weight is 343 g/mol. The van der Waals surface area contributed by atoms with Crippen LogP contribution in [0.2, 0.25) is 0 Å². The number of alkyl halides is 1. The summed E-state index contributed by atoms with van der Waals surface area (Å²) in [6.07, 6.45) is 3.26. The van der Waals surface area contributed by atoms with E-state index in [0.29, 0.717) is 6.04 Å². The quantitative estimate of drug-likeness (QED) is 0.343. The Kier molecular flexibility index (Phi) is 3.02. The Labute approximate surface area is 113 Å². The molecule has 0 spiro atoms. The van der Waals surface area contributed by atoms with Crippen molar-refractivity contribution >= 4 is 45.3 Å². The van der Waals surface area contributed by atoms with Gasteiger partial charge in [-0.25, -0.2) is 4.57 Å². The fourth-order valence-electron chi connectivity index (χ4n) is 2.08. The molecule has 2 nitrogen and oxygen atoms in total. The molecule has 0 saturated heterocycles. The Morgan fingerprint density at radius 2 is 2.31 bits per heavy atom. The lowest BCUT2D eigenvalue weighted by Gasteiger charge is -2.20. The molecule has 0 saturated carbocycles. The molecule has 4 heteroatoms. The molecule has 16 heavy (non-hydrogen) atoms. The molecule has 1 aromatic heterocycles. The second kappa shape index (κ2) is 4.49. The van der Waals surface area contributed by atoms with Gasteiger partial charge in [0.1, 0.15) is 6.04 Å². The molecular weight excluding hydrogens is 331 g/mol. The van der Waals surface area contributed by atoms with Crippen LogP contribution in [0.25, 0.3) is 10.9 Å². The van der Waals surface area contributed by atoms with E-state index in [1.165, 1.54) is 22.6 Å². The Hall–Kier alpha value is -0.360. The fourth-order valence-corrected chi connectivity index (χ4v) is 4.20. The third-order valence-electron chi connectivity index (χ3n) is 2.95. The molecule has 82 valence electrons. The summed E-state index contributed by atoms with van der Waals surface area (Å²) in [5.74, 6) is 1.22. The Morgan fingerprint density at radius 3 is 3.19 bits per heavy atom. The molecule has 1 aliphatic rings. The molecule has 0 fully saturated rings. The first-order valence-electron chi connectivity index (χ1n) is 5.38. The molecule has 0 amide bonds. The van der Waals surface area contributed by atoms with Crippen LogP contribution in [0.15, 0.2) is 35.6 Å². The van der Waals surface area contributed by atoms with Crippen LogP contribution >= 0.6 is 34.4 Å². The Morgan fingerprint density at radius 1 is 1.44 bits per heavy atom. The number of fused-ring (bicyclic) bond motifs is 3. The van der Waals surface area contributed by atoms with E-state index in [9.17, 15) is 0 Å². The predicted molar refractivity (Wildman–Crippen MR) is 75.2 cm³/mol. The van der Waals surface area contributed by atoms with Crippen molar-refractivity contribution in [3.63, 3.8) is 0 Å². The minimum Gasteiger partial charge on any atom is -0.220 e. The maximum absolute atomic E-state index is 4.54. The van der Waals surface area contributed by atoms with Gasteiger partial charge in [-0.15, -0.1) is 0 Å². The molecule has 1 aliphatic heterocycles. The maximum Gasteiger partial charge on any atom is 0.288 e. The minimum absolute atomic E-state index is 0.619.